The van der Waals surface area contributed by atoms with Crippen molar-refractivity contribution < 1.29 is 14.3 Å². The molecule has 2 aromatic carbocycles. The van der Waals surface area contributed by atoms with Gasteiger partial charge < -0.3 is 10.4 Å². The van der Waals surface area contributed by atoms with Gasteiger partial charge in [-0.1, -0.05) is 28.1 Å². The summed E-state index contributed by atoms with van der Waals surface area (Å²) in [6.45, 7) is 0.269. The summed E-state index contributed by atoms with van der Waals surface area (Å²) >= 11 is 3.24. The Labute approximate surface area is 118 Å². The maximum absolute atomic E-state index is 12.7. The van der Waals surface area contributed by atoms with E-state index in [1.807, 2.05) is 0 Å². The summed E-state index contributed by atoms with van der Waals surface area (Å²) < 4.78 is 13.4. The van der Waals surface area contributed by atoms with Crippen molar-refractivity contribution >= 4 is 21.8 Å². The number of phenols is 1. The summed E-state index contributed by atoms with van der Waals surface area (Å²) in [5, 5.41) is 12.3. The van der Waals surface area contributed by atoms with Gasteiger partial charge >= 0.3 is 0 Å². The van der Waals surface area contributed by atoms with E-state index < -0.39 is 0 Å². The number of benzene rings is 2. The number of aromatic hydroxyl groups is 1. The van der Waals surface area contributed by atoms with E-state index in [4.69, 9.17) is 0 Å². The zero-order valence-corrected chi connectivity index (χ0v) is 11.4. The molecule has 0 atom stereocenters. The van der Waals surface area contributed by atoms with E-state index in [0.717, 1.165) is 5.56 Å². The number of hydrogen-bond donors (Lipinski definition) is 2. The highest BCUT2D eigenvalue weighted by molar-refractivity contribution is 9.10. The average Bonchev–Trinajstić information content (AvgIpc) is 2.40. The molecule has 0 fully saturated rings. The zero-order chi connectivity index (χ0) is 13.8. The van der Waals surface area contributed by atoms with E-state index in [2.05, 4.69) is 21.2 Å². The first kappa shape index (κ1) is 13.5. The molecule has 0 spiro atoms. The van der Waals surface area contributed by atoms with E-state index in [0.29, 0.717) is 4.47 Å². The summed E-state index contributed by atoms with van der Waals surface area (Å²) in [7, 11) is 0. The van der Waals surface area contributed by atoms with Gasteiger partial charge in [0, 0.05) is 11.0 Å². The normalized spacial score (nSPS) is 10.2. The number of hydrogen-bond acceptors (Lipinski definition) is 2. The molecule has 98 valence electrons. The van der Waals surface area contributed by atoms with Crippen LogP contribution in [0.5, 0.6) is 5.75 Å². The molecule has 5 heteroatoms. The molecule has 0 aliphatic carbocycles. The van der Waals surface area contributed by atoms with Gasteiger partial charge in [0.05, 0.1) is 5.56 Å². The van der Waals surface area contributed by atoms with Crippen molar-refractivity contribution in [2.24, 2.45) is 0 Å². The SMILES string of the molecule is O=C(NCc1ccc(F)cc1)c1cc(Br)ccc1O. The minimum atomic E-state index is -0.386. The van der Waals surface area contributed by atoms with Crippen molar-refractivity contribution in [3.8, 4) is 5.75 Å². The Morgan fingerprint density at radius 2 is 1.89 bits per heavy atom. The van der Waals surface area contributed by atoms with Crippen LogP contribution >= 0.6 is 15.9 Å². The number of carbonyl (C=O) groups is 1. The number of carbonyl (C=O) groups excluding carboxylic acids is 1. The van der Waals surface area contributed by atoms with Crippen LogP contribution in [0.3, 0.4) is 0 Å². The molecular weight excluding hydrogens is 313 g/mol. The fraction of sp³-hybridized carbons (Fsp3) is 0.0714. The summed E-state index contributed by atoms with van der Waals surface area (Å²) in [6, 6.07) is 10.5. The van der Waals surface area contributed by atoms with Gasteiger partial charge in [-0.05, 0) is 35.9 Å². The van der Waals surface area contributed by atoms with Crippen molar-refractivity contribution in [2.75, 3.05) is 0 Å². The maximum Gasteiger partial charge on any atom is 0.255 e. The minimum absolute atomic E-state index is 0.0835. The number of amides is 1. The van der Waals surface area contributed by atoms with Crippen molar-refractivity contribution in [3.05, 3.63) is 63.9 Å². The highest BCUT2D eigenvalue weighted by Gasteiger charge is 2.11. The van der Waals surface area contributed by atoms with E-state index in [1.165, 1.54) is 24.3 Å². The molecule has 2 N–H and O–H groups in total. The summed E-state index contributed by atoms with van der Waals surface area (Å²) in [5.74, 6) is -0.789. The largest absolute Gasteiger partial charge is 0.507 e. The van der Waals surface area contributed by atoms with Crippen molar-refractivity contribution in [2.45, 2.75) is 6.54 Å². The van der Waals surface area contributed by atoms with Gasteiger partial charge in [-0.25, -0.2) is 4.39 Å². The first-order chi connectivity index (χ1) is 9.06. The molecule has 0 saturated carbocycles. The smallest absolute Gasteiger partial charge is 0.255 e. The summed E-state index contributed by atoms with van der Waals surface area (Å²) in [6.07, 6.45) is 0. The lowest BCUT2D eigenvalue weighted by atomic mass is 10.1. The molecule has 0 aromatic heterocycles. The van der Waals surface area contributed by atoms with E-state index in [1.54, 1.807) is 18.2 Å². The third-order valence-electron chi connectivity index (χ3n) is 2.57. The van der Waals surface area contributed by atoms with Crippen LogP contribution in [0.4, 0.5) is 4.39 Å². The first-order valence-electron chi connectivity index (χ1n) is 5.57. The Kier molecular flexibility index (Phi) is 4.16. The predicted molar refractivity (Wildman–Crippen MR) is 73.4 cm³/mol. The maximum atomic E-state index is 12.7. The number of rotatable bonds is 3. The number of halogens is 2. The fourth-order valence-electron chi connectivity index (χ4n) is 1.57. The lowest BCUT2D eigenvalue weighted by molar-refractivity contribution is 0.0948. The minimum Gasteiger partial charge on any atom is -0.507 e. The molecular formula is C14H11BrFNO2. The van der Waals surface area contributed by atoms with Gasteiger partial charge in [0.2, 0.25) is 0 Å². The second kappa shape index (κ2) is 5.84. The predicted octanol–water partition coefficient (Wildman–Crippen LogP) is 3.22. The standard InChI is InChI=1S/C14H11BrFNO2/c15-10-3-6-13(18)12(7-10)14(19)17-8-9-1-4-11(16)5-2-9/h1-7,18H,8H2,(H,17,19). The summed E-state index contributed by atoms with van der Waals surface area (Å²) in [4.78, 5) is 11.9. The third-order valence-corrected chi connectivity index (χ3v) is 3.06. The second-order valence-corrected chi connectivity index (χ2v) is 4.89. The molecule has 3 nitrogen and oxygen atoms in total. The van der Waals surface area contributed by atoms with Crippen LogP contribution in [0.15, 0.2) is 46.9 Å². The Morgan fingerprint density at radius 1 is 1.21 bits per heavy atom. The van der Waals surface area contributed by atoms with Crippen molar-refractivity contribution in [1.29, 1.82) is 0 Å². The van der Waals surface area contributed by atoms with E-state index in [9.17, 15) is 14.3 Å². The van der Waals surface area contributed by atoms with Gasteiger partial charge in [0.25, 0.3) is 5.91 Å². The fourth-order valence-corrected chi connectivity index (χ4v) is 1.93. The number of nitrogens with one attached hydrogen (secondary N) is 1. The van der Waals surface area contributed by atoms with Gasteiger partial charge in [-0.15, -0.1) is 0 Å². The van der Waals surface area contributed by atoms with Crippen LogP contribution < -0.4 is 5.32 Å². The van der Waals surface area contributed by atoms with Gasteiger partial charge in [0.1, 0.15) is 11.6 Å². The van der Waals surface area contributed by atoms with Gasteiger partial charge in [-0.2, -0.15) is 0 Å². The van der Waals surface area contributed by atoms with E-state index >= 15 is 0 Å². The highest BCUT2D eigenvalue weighted by Crippen LogP contribution is 2.21. The Morgan fingerprint density at radius 3 is 2.58 bits per heavy atom. The van der Waals surface area contributed by atoms with Gasteiger partial charge in [0.15, 0.2) is 0 Å². The van der Waals surface area contributed by atoms with Crippen LogP contribution in [0.2, 0.25) is 0 Å². The van der Waals surface area contributed by atoms with Crippen LogP contribution in [-0.2, 0) is 6.54 Å². The average molecular weight is 324 g/mol. The van der Waals surface area contributed by atoms with E-state index in [-0.39, 0.29) is 29.6 Å². The highest BCUT2D eigenvalue weighted by atomic mass is 79.9. The monoisotopic (exact) mass is 323 g/mol. The summed E-state index contributed by atoms with van der Waals surface area (Å²) in [5.41, 5.74) is 0.973. The molecule has 0 heterocycles. The topological polar surface area (TPSA) is 49.3 Å². The molecule has 0 unspecified atom stereocenters. The molecule has 0 saturated heterocycles. The van der Waals surface area contributed by atoms with Crippen molar-refractivity contribution in [3.63, 3.8) is 0 Å². The molecule has 0 bridgehead atoms. The molecule has 19 heavy (non-hydrogen) atoms. The van der Waals surface area contributed by atoms with Crippen LogP contribution in [0, 0.1) is 5.82 Å². The van der Waals surface area contributed by atoms with Gasteiger partial charge in [-0.3, -0.25) is 4.79 Å². The molecule has 0 radical (unpaired) electrons. The Bertz CT molecular complexity index is 599. The molecule has 0 aliphatic rings. The zero-order valence-electron chi connectivity index (χ0n) is 9.86. The molecule has 1 amide bonds. The second-order valence-electron chi connectivity index (χ2n) is 3.97. The van der Waals surface area contributed by atoms with Crippen LogP contribution in [0.1, 0.15) is 15.9 Å². The quantitative estimate of drug-likeness (QED) is 0.911. The molecule has 2 rings (SSSR count). The third kappa shape index (κ3) is 3.54. The number of phenolic OH excluding ortho intramolecular Hbond substituents is 1. The molecule has 0 aliphatic heterocycles. The Balaban J connectivity index is 2.05. The van der Waals surface area contributed by atoms with Crippen LogP contribution in [0.25, 0.3) is 0 Å². The van der Waals surface area contributed by atoms with Crippen LogP contribution in [-0.4, -0.2) is 11.0 Å². The lowest BCUT2D eigenvalue weighted by Gasteiger charge is -2.07. The lowest BCUT2D eigenvalue weighted by Crippen LogP contribution is -2.22. The molecule has 2 aromatic rings. The first-order valence-corrected chi connectivity index (χ1v) is 6.37. The Hall–Kier alpha value is -1.88. The van der Waals surface area contributed by atoms with Crippen molar-refractivity contribution in [1.82, 2.24) is 5.32 Å².